The first-order valence-electron chi connectivity index (χ1n) is 7.48. The second-order valence-corrected chi connectivity index (χ2v) is 6.63. The molecule has 0 spiro atoms. The molecule has 2 aromatic rings. The Bertz CT molecular complexity index is 561. The lowest BCUT2D eigenvalue weighted by Gasteiger charge is -2.27. The maximum Gasteiger partial charge on any atom is 0.195 e. The monoisotopic (exact) mass is 310 g/mol. The number of fused-ring (bicyclic) bond motifs is 1. The van der Waals surface area contributed by atoms with Crippen molar-refractivity contribution in [2.24, 2.45) is 0 Å². The van der Waals surface area contributed by atoms with Crippen LogP contribution in [0.4, 0.5) is 5.82 Å². The summed E-state index contributed by atoms with van der Waals surface area (Å²) in [6.45, 7) is 11.1. The molecule has 0 aromatic carbocycles. The highest BCUT2D eigenvalue weighted by molar-refractivity contribution is 7.15. The lowest BCUT2D eigenvalue weighted by molar-refractivity contribution is 0.203. The molecule has 1 N–H and O–H groups in total. The molecule has 6 heteroatoms. The molecule has 0 fully saturated rings. The molecule has 118 valence electrons. The van der Waals surface area contributed by atoms with E-state index >= 15 is 0 Å². The van der Waals surface area contributed by atoms with Gasteiger partial charge in [0.15, 0.2) is 10.8 Å². The van der Waals surface area contributed by atoms with Gasteiger partial charge in [0.1, 0.15) is 0 Å². The maximum atomic E-state index is 5.25. The van der Waals surface area contributed by atoms with E-state index in [0.717, 1.165) is 23.9 Å². The number of aromatic nitrogens is 2. The fourth-order valence-electron chi connectivity index (χ4n) is 2.31. The number of nitrogens with one attached hydrogen (secondary N) is 1. The van der Waals surface area contributed by atoms with E-state index in [1.807, 2.05) is 0 Å². The summed E-state index contributed by atoms with van der Waals surface area (Å²) in [6, 6.07) is 0.844. The van der Waals surface area contributed by atoms with Gasteiger partial charge >= 0.3 is 0 Å². The van der Waals surface area contributed by atoms with Gasteiger partial charge in [0, 0.05) is 43.9 Å². The molecule has 0 aliphatic carbocycles. The molecule has 5 nitrogen and oxygen atoms in total. The predicted octanol–water partition coefficient (Wildman–Crippen LogP) is 2.76. The standard InChI is InChI=1S/C15H26N4OS/c1-11(2)16-10-13-14(17-15-19(13)7-9-21-15)18(12(3)4)6-8-20-5/h7,9,11-12,16H,6,8,10H2,1-5H3. The molecule has 0 amide bonds. The summed E-state index contributed by atoms with van der Waals surface area (Å²) in [5, 5.41) is 5.59. The molecule has 2 aromatic heterocycles. The van der Waals surface area contributed by atoms with Crippen LogP contribution in [-0.2, 0) is 11.3 Å². The van der Waals surface area contributed by atoms with Crippen molar-refractivity contribution in [3.8, 4) is 0 Å². The van der Waals surface area contributed by atoms with Gasteiger partial charge in [-0.3, -0.25) is 4.40 Å². The van der Waals surface area contributed by atoms with E-state index in [9.17, 15) is 0 Å². The van der Waals surface area contributed by atoms with Crippen LogP contribution in [0.15, 0.2) is 11.6 Å². The first kappa shape index (κ1) is 16.3. The van der Waals surface area contributed by atoms with Gasteiger partial charge in [0.2, 0.25) is 0 Å². The van der Waals surface area contributed by atoms with Gasteiger partial charge in [0.05, 0.1) is 12.3 Å². The van der Waals surface area contributed by atoms with Gasteiger partial charge in [-0.15, -0.1) is 11.3 Å². The van der Waals surface area contributed by atoms with E-state index in [1.165, 1.54) is 5.69 Å². The molecule has 0 saturated carbocycles. The number of nitrogens with zero attached hydrogens (tertiary/aromatic N) is 3. The third-order valence-electron chi connectivity index (χ3n) is 3.45. The lowest BCUT2D eigenvalue weighted by atomic mass is 10.2. The minimum atomic E-state index is 0.391. The lowest BCUT2D eigenvalue weighted by Crippen LogP contribution is -2.35. The van der Waals surface area contributed by atoms with Crippen molar-refractivity contribution < 1.29 is 4.74 Å². The summed E-state index contributed by atoms with van der Waals surface area (Å²) in [4.78, 5) is 8.21. The van der Waals surface area contributed by atoms with Crippen LogP contribution < -0.4 is 10.2 Å². The van der Waals surface area contributed by atoms with E-state index < -0.39 is 0 Å². The zero-order valence-corrected chi connectivity index (χ0v) is 14.4. The Balaban J connectivity index is 2.35. The third kappa shape index (κ3) is 3.75. The van der Waals surface area contributed by atoms with Crippen LogP contribution in [-0.4, -0.2) is 41.7 Å². The fourth-order valence-corrected chi connectivity index (χ4v) is 3.04. The number of hydrogen-bond donors (Lipinski definition) is 1. The molecule has 0 aliphatic rings. The van der Waals surface area contributed by atoms with Crippen molar-refractivity contribution in [3.05, 3.63) is 17.3 Å². The second-order valence-electron chi connectivity index (χ2n) is 5.75. The topological polar surface area (TPSA) is 41.8 Å². The quantitative estimate of drug-likeness (QED) is 0.814. The molecule has 21 heavy (non-hydrogen) atoms. The Labute approximate surface area is 130 Å². The van der Waals surface area contributed by atoms with Crippen LogP contribution >= 0.6 is 11.3 Å². The average Bonchev–Trinajstić information content (AvgIpc) is 2.97. The largest absolute Gasteiger partial charge is 0.383 e. The molecular formula is C15H26N4OS. The molecule has 2 heterocycles. The zero-order chi connectivity index (χ0) is 15.4. The predicted molar refractivity (Wildman–Crippen MR) is 89.4 cm³/mol. The first-order valence-corrected chi connectivity index (χ1v) is 8.36. The summed E-state index contributed by atoms with van der Waals surface area (Å²) in [7, 11) is 1.74. The van der Waals surface area contributed by atoms with E-state index in [0.29, 0.717) is 18.7 Å². The second kappa shape index (κ2) is 7.24. The smallest absolute Gasteiger partial charge is 0.195 e. The van der Waals surface area contributed by atoms with Crippen LogP contribution in [0.1, 0.15) is 33.4 Å². The number of rotatable bonds is 8. The number of methoxy groups -OCH3 is 1. The highest BCUT2D eigenvalue weighted by Gasteiger charge is 2.20. The highest BCUT2D eigenvalue weighted by Crippen LogP contribution is 2.26. The minimum absolute atomic E-state index is 0.391. The minimum Gasteiger partial charge on any atom is -0.383 e. The van der Waals surface area contributed by atoms with Crippen molar-refractivity contribution in [3.63, 3.8) is 0 Å². The van der Waals surface area contributed by atoms with Gasteiger partial charge in [-0.05, 0) is 13.8 Å². The van der Waals surface area contributed by atoms with E-state index in [4.69, 9.17) is 9.72 Å². The normalized spacial score (nSPS) is 12.0. The first-order chi connectivity index (χ1) is 10.0. The van der Waals surface area contributed by atoms with Gasteiger partial charge in [-0.25, -0.2) is 4.98 Å². The number of imidazole rings is 1. The van der Waals surface area contributed by atoms with Gasteiger partial charge < -0.3 is 15.0 Å². The van der Waals surface area contributed by atoms with Crippen LogP contribution in [0.3, 0.4) is 0 Å². The summed E-state index contributed by atoms with van der Waals surface area (Å²) >= 11 is 1.68. The number of hydrogen-bond acceptors (Lipinski definition) is 5. The zero-order valence-electron chi connectivity index (χ0n) is 13.6. The molecule has 0 bridgehead atoms. The van der Waals surface area contributed by atoms with Crippen molar-refractivity contribution >= 4 is 22.1 Å². The Morgan fingerprint density at radius 2 is 2.14 bits per heavy atom. The van der Waals surface area contributed by atoms with E-state index in [2.05, 4.69) is 53.9 Å². The maximum absolute atomic E-state index is 5.25. The highest BCUT2D eigenvalue weighted by atomic mass is 32.1. The SMILES string of the molecule is COCCN(c1nc2sccn2c1CNC(C)C)C(C)C. The fraction of sp³-hybridized carbons (Fsp3) is 0.667. The molecule has 0 unspecified atom stereocenters. The molecule has 0 aliphatic heterocycles. The Hall–Kier alpha value is -1.11. The molecule has 0 saturated heterocycles. The van der Waals surface area contributed by atoms with Gasteiger partial charge in [-0.2, -0.15) is 0 Å². The van der Waals surface area contributed by atoms with Crippen LogP contribution in [0.25, 0.3) is 4.96 Å². The third-order valence-corrected chi connectivity index (χ3v) is 4.21. The number of anilines is 1. The van der Waals surface area contributed by atoms with E-state index in [1.54, 1.807) is 18.4 Å². The average molecular weight is 310 g/mol. The number of ether oxygens (including phenoxy) is 1. The van der Waals surface area contributed by atoms with E-state index in [-0.39, 0.29) is 0 Å². The van der Waals surface area contributed by atoms with Crippen LogP contribution in [0.2, 0.25) is 0 Å². The molecular weight excluding hydrogens is 284 g/mol. The molecule has 0 atom stereocenters. The van der Waals surface area contributed by atoms with Crippen molar-refractivity contribution in [1.29, 1.82) is 0 Å². The van der Waals surface area contributed by atoms with Crippen molar-refractivity contribution in [2.45, 2.75) is 46.3 Å². The summed E-state index contributed by atoms with van der Waals surface area (Å²) in [6.07, 6.45) is 2.10. The molecule has 0 radical (unpaired) electrons. The van der Waals surface area contributed by atoms with Crippen LogP contribution in [0, 0.1) is 0 Å². The van der Waals surface area contributed by atoms with Gasteiger partial charge in [-0.1, -0.05) is 13.8 Å². The summed E-state index contributed by atoms with van der Waals surface area (Å²) < 4.78 is 7.44. The number of thiazole rings is 1. The summed E-state index contributed by atoms with van der Waals surface area (Å²) in [5.41, 5.74) is 1.23. The Morgan fingerprint density at radius 3 is 2.76 bits per heavy atom. The van der Waals surface area contributed by atoms with Crippen molar-refractivity contribution in [2.75, 3.05) is 25.2 Å². The van der Waals surface area contributed by atoms with Crippen LogP contribution in [0.5, 0.6) is 0 Å². The Morgan fingerprint density at radius 1 is 1.38 bits per heavy atom. The summed E-state index contributed by atoms with van der Waals surface area (Å²) in [5.74, 6) is 1.07. The van der Waals surface area contributed by atoms with Gasteiger partial charge in [0.25, 0.3) is 0 Å². The Kier molecular flexibility index (Phi) is 5.61. The van der Waals surface area contributed by atoms with Crippen molar-refractivity contribution in [1.82, 2.24) is 14.7 Å². The molecule has 2 rings (SSSR count).